The van der Waals surface area contributed by atoms with Crippen LogP contribution in [0.2, 0.25) is 0 Å². The summed E-state index contributed by atoms with van der Waals surface area (Å²) < 4.78 is 0. The highest BCUT2D eigenvalue weighted by Crippen LogP contribution is 2.40. The number of aliphatic carboxylic acids is 1. The zero-order chi connectivity index (χ0) is 19.4. The van der Waals surface area contributed by atoms with Gasteiger partial charge in [0.1, 0.15) is 0 Å². The third-order valence-corrected chi connectivity index (χ3v) is 3.64. The highest BCUT2D eigenvalue weighted by atomic mass is 31.2. The van der Waals surface area contributed by atoms with Gasteiger partial charge in [-0.2, -0.15) is 0 Å². The van der Waals surface area contributed by atoms with E-state index in [0.717, 1.165) is 19.3 Å². The van der Waals surface area contributed by atoms with Crippen molar-refractivity contribution in [1.82, 2.24) is 0 Å². The molecule has 25 heavy (non-hydrogen) atoms. The van der Waals surface area contributed by atoms with E-state index in [1.165, 1.54) is 64.2 Å². The van der Waals surface area contributed by atoms with Gasteiger partial charge in [-0.3, -0.25) is 0 Å². The summed E-state index contributed by atoms with van der Waals surface area (Å²) in [6, 6.07) is 0. The van der Waals surface area contributed by atoms with Crippen LogP contribution in [0.3, 0.4) is 0 Å². The summed E-state index contributed by atoms with van der Waals surface area (Å²) in [5.41, 5.74) is 0. The molecule has 3 heteroatoms. The minimum Gasteiger partial charge on any atom is -0.550 e. The minimum absolute atomic E-state index is 0.220. The molecule has 0 amide bonds. The maximum absolute atomic E-state index is 10.2. The van der Waals surface area contributed by atoms with Crippen LogP contribution in [-0.2, 0) is 4.79 Å². The zero-order valence-corrected chi connectivity index (χ0v) is 18.7. The molecular formula is C22H45O2P. The first-order valence-electron chi connectivity index (χ1n) is 10.4. The lowest BCUT2D eigenvalue weighted by atomic mass is 10.1. The second-order valence-electron chi connectivity index (χ2n) is 8.39. The molecule has 0 atom stereocenters. The van der Waals surface area contributed by atoms with Crippen molar-refractivity contribution in [3.05, 3.63) is 12.2 Å². The Labute approximate surface area is 159 Å². The van der Waals surface area contributed by atoms with E-state index in [4.69, 9.17) is 0 Å². The Morgan fingerprint density at radius 2 is 1.08 bits per heavy atom. The van der Waals surface area contributed by atoms with Crippen molar-refractivity contribution < 1.29 is 9.90 Å². The smallest absolute Gasteiger partial charge is 0.0481 e. The maximum Gasteiger partial charge on any atom is 0.0481 e. The SMILES string of the molecule is CCCCCCCC/C=C\CCCCCCCC(=O)[O-].C[P+](C)(C)C. The summed E-state index contributed by atoms with van der Waals surface area (Å²) >= 11 is 0. The van der Waals surface area contributed by atoms with Crippen LogP contribution in [0.1, 0.15) is 96.8 Å². The lowest BCUT2D eigenvalue weighted by molar-refractivity contribution is -0.305. The highest BCUT2D eigenvalue weighted by molar-refractivity contribution is 7.73. The van der Waals surface area contributed by atoms with Crippen LogP contribution in [0.15, 0.2) is 12.2 Å². The topological polar surface area (TPSA) is 40.1 Å². The number of hydrogen-bond donors (Lipinski definition) is 0. The number of unbranched alkanes of at least 4 members (excludes halogenated alkanes) is 11. The second kappa shape index (κ2) is 20.0. The van der Waals surface area contributed by atoms with E-state index in [-0.39, 0.29) is 13.7 Å². The first kappa shape index (κ1) is 26.9. The predicted octanol–water partition coefficient (Wildman–Crippen LogP) is 6.30. The fourth-order valence-electron chi connectivity index (χ4n) is 2.34. The molecule has 0 aliphatic rings. The monoisotopic (exact) mass is 372 g/mol. The Morgan fingerprint density at radius 3 is 1.48 bits per heavy atom. The number of carbonyl (C=O) groups is 1. The summed E-state index contributed by atoms with van der Waals surface area (Å²) in [6.07, 6.45) is 20.9. The van der Waals surface area contributed by atoms with E-state index in [2.05, 4.69) is 45.7 Å². The number of rotatable bonds is 15. The van der Waals surface area contributed by atoms with Gasteiger partial charge in [0.2, 0.25) is 0 Å². The molecule has 2 nitrogen and oxygen atoms in total. The van der Waals surface area contributed by atoms with Gasteiger partial charge in [0.15, 0.2) is 0 Å². The molecule has 0 saturated heterocycles. The summed E-state index contributed by atoms with van der Waals surface area (Å²) in [4.78, 5) is 10.2. The standard InChI is InChI=1S/C18H34O2.C4H12P/c1-2-3-4-5-6-7-8-9-10-11-12-13-14-15-16-17-18(19)20;1-5(2,3)4/h9-10H,2-8,11-17H2,1H3,(H,19,20);1-4H3/q;+1/p-1/b10-9-;. The number of carboxylic acids is 1. The van der Waals surface area contributed by atoms with Crippen molar-refractivity contribution in [2.24, 2.45) is 0 Å². The molecular weight excluding hydrogens is 327 g/mol. The van der Waals surface area contributed by atoms with Gasteiger partial charge < -0.3 is 9.90 Å². The summed E-state index contributed by atoms with van der Waals surface area (Å²) in [7, 11) is -0.389. The lowest BCUT2D eigenvalue weighted by Gasteiger charge is -2.01. The van der Waals surface area contributed by atoms with Crippen LogP contribution >= 0.6 is 7.26 Å². The van der Waals surface area contributed by atoms with Crippen LogP contribution in [0, 0.1) is 0 Å². The molecule has 0 heterocycles. The summed E-state index contributed by atoms with van der Waals surface area (Å²) in [5, 5.41) is 10.2. The average Bonchev–Trinajstić information content (AvgIpc) is 2.49. The van der Waals surface area contributed by atoms with Gasteiger partial charge >= 0.3 is 0 Å². The molecule has 0 rings (SSSR count). The van der Waals surface area contributed by atoms with Gasteiger partial charge in [0.05, 0.1) is 0 Å². The van der Waals surface area contributed by atoms with E-state index >= 15 is 0 Å². The molecule has 0 saturated carbocycles. The number of allylic oxidation sites excluding steroid dienone is 2. The van der Waals surface area contributed by atoms with E-state index in [0.29, 0.717) is 0 Å². The number of hydrogen-bond acceptors (Lipinski definition) is 2. The Balaban J connectivity index is 0. The van der Waals surface area contributed by atoms with Crippen LogP contribution in [0.25, 0.3) is 0 Å². The van der Waals surface area contributed by atoms with Crippen LogP contribution in [-0.4, -0.2) is 32.6 Å². The van der Waals surface area contributed by atoms with Gasteiger partial charge in [-0.25, -0.2) is 0 Å². The molecule has 0 bridgehead atoms. The number of carbonyl (C=O) groups excluding carboxylic acids is 1. The molecule has 0 radical (unpaired) electrons. The van der Waals surface area contributed by atoms with Gasteiger partial charge in [-0.15, -0.1) is 0 Å². The van der Waals surface area contributed by atoms with Gasteiger partial charge in [-0.05, 0) is 38.5 Å². The minimum atomic E-state index is -0.914. The van der Waals surface area contributed by atoms with E-state index < -0.39 is 5.97 Å². The molecule has 0 aliphatic carbocycles. The normalized spacial score (nSPS) is 11.4. The quantitative estimate of drug-likeness (QED) is 0.192. The summed E-state index contributed by atoms with van der Waals surface area (Å²) in [6.45, 7) is 11.5. The van der Waals surface area contributed by atoms with Crippen molar-refractivity contribution in [1.29, 1.82) is 0 Å². The molecule has 0 aromatic carbocycles. The average molecular weight is 373 g/mol. The Morgan fingerprint density at radius 1 is 0.720 bits per heavy atom. The van der Waals surface area contributed by atoms with Crippen LogP contribution in [0.5, 0.6) is 0 Å². The third-order valence-electron chi connectivity index (χ3n) is 3.64. The van der Waals surface area contributed by atoms with Crippen molar-refractivity contribution in [2.45, 2.75) is 96.8 Å². The Hall–Kier alpha value is -0.360. The number of carboxylic acid groups (broad SMARTS) is 1. The summed E-state index contributed by atoms with van der Waals surface area (Å²) in [5.74, 6) is -0.914. The lowest BCUT2D eigenvalue weighted by Crippen LogP contribution is -2.21. The predicted molar refractivity (Wildman–Crippen MR) is 115 cm³/mol. The molecule has 150 valence electrons. The van der Waals surface area contributed by atoms with Gasteiger partial charge in [0, 0.05) is 39.9 Å². The Kier molecular flexibility index (Phi) is 21.4. The fraction of sp³-hybridized carbons (Fsp3) is 0.864. The van der Waals surface area contributed by atoms with Crippen LogP contribution in [0.4, 0.5) is 0 Å². The highest BCUT2D eigenvalue weighted by Gasteiger charge is 2.03. The molecule has 0 N–H and O–H groups in total. The van der Waals surface area contributed by atoms with Crippen molar-refractivity contribution in [3.8, 4) is 0 Å². The largest absolute Gasteiger partial charge is 0.550 e. The first-order chi connectivity index (χ1) is 11.8. The molecule has 0 aliphatic heterocycles. The molecule has 0 spiro atoms. The van der Waals surface area contributed by atoms with E-state index in [9.17, 15) is 9.90 Å². The van der Waals surface area contributed by atoms with Crippen molar-refractivity contribution in [2.75, 3.05) is 26.7 Å². The van der Waals surface area contributed by atoms with Crippen molar-refractivity contribution in [3.63, 3.8) is 0 Å². The zero-order valence-electron chi connectivity index (χ0n) is 17.8. The third kappa shape index (κ3) is 40.0. The van der Waals surface area contributed by atoms with Crippen molar-refractivity contribution >= 4 is 13.2 Å². The van der Waals surface area contributed by atoms with E-state index in [1.807, 2.05) is 0 Å². The Bertz CT molecular complexity index is 300. The molecule has 0 fully saturated rings. The van der Waals surface area contributed by atoms with Gasteiger partial charge in [-0.1, -0.05) is 70.4 Å². The van der Waals surface area contributed by atoms with Crippen LogP contribution < -0.4 is 5.11 Å². The molecule has 0 unspecified atom stereocenters. The van der Waals surface area contributed by atoms with E-state index in [1.54, 1.807) is 0 Å². The molecule has 0 aromatic rings. The van der Waals surface area contributed by atoms with Gasteiger partial charge in [0.25, 0.3) is 0 Å². The molecule has 0 aromatic heterocycles. The maximum atomic E-state index is 10.2. The first-order valence-corrected chi connectivity index (χ1v) is 14.0. The second-order valence-corrected chi connectivity index (χ2v) is 13.8. The fourth-order valence-corrected chi connectivity index (χ4v) is 2.34.